The number of azide groups is 1. The molecule has 0 aliphatic carbocycles. The van der Waals surface area contributed by atoms with Gasteiger partial charge >= 0.3 is 0 Å². The van der Waals surface area contributed by atoms with Crippen LogP contribution in [0.2, 0.25) is 0 Å². The first-order chi connectivity index (χ1) is 19.6. The topological polar surface area (TPSA) is 138 Å². The molecular weight excluding hydrogens is 510 g/mol. The molecule has 10 nitrogen and oxygen atoms in total. The summed E-state index contributed by atoms with van der Waals surface area (Å²) in [5.41, 5.74) is 10.6. The molecule has 1 heterocycles. The number of nitrogens with zero attached hydrogens (tertiary/aromatic N) is 4. The standard InChI is InChI=1S/C30H33N5O5/c1-2-38-27-11-6-4-8-22(27)16-17-32-29(37)30(20-24-9-3-5-10-26(24)34-35-31)21-40-28(33-30)23-12-14-25(15-13-23)39-19-7-18-36/h3-6,8-15,36H,2,7,16-21H2,1H3,(H,32,37)/t30-/m1/s1. The number of aliphatic imine (C=N–C) groups is 1. The molecule has 0 saturated carbocycles. The van der Waals surface area contributed by atoms with Crippen molar-refractivity contribution in [2.75, 3.05) is 33.0 Å². The summed E-state index contributed by atoms with van der Waals surface area (Å²) in [5, 5.41) is 15.8. The molecule has 0 radical (unpaired) electrons. The molecule has 0 saturated heterocycles. The minimum Gasteiger partial charge on any atom is -0.494 e. The van der Waals surface area contributed by atoms with Gasteiger partial charge in [0, 0.05) is 42.2 Å². The largest absolute Gasteiger partial charge is 0.494 e. The number of ether oxygens (including phenoxy) is 3. The van der Waals surface area contributed by atoms with Gasteiger partial charge in [-0.1, -0.05) is 47.6 Å². The maximum Gasteiger partial charge on any atom is 0.251 e. The molecule has 0 fully saturated rings. The third kappa shape index (κ3) is 7.11. The van der Waals surface area contributed by atoms with E-state index in [2.05, 4.69) is 15.3 Å². The van der Waals surface area contributed by atoms with Gasteiger partial charge in [-0.25, -0.2) is 4.99 Å². The molecule has 4 rings (SSSR count). The van der Waals surface area contributed by atoms with Crippen LogP contribution in [0.15, 0.2) is 82.9 Å². The second-order valence-electron chi connectivity index (χ2n) is 9.23. The second-order valence-corrected chi connectivity index (χ2v) is 9.23. The highest BCUT2D eigenvalue weighted by atomic mass is 16.5. The van der Waals surface area contributed by atoms with Crippen LogP contribution in [0.4, 0.5) is 5.69 Å². The van der Waals surface area contributed by atoms with Gasteiger partial charge in [-0.05, 0) is 60.3 Å². The Bertz CT molecular complexity index is 1370. The zero-order chi connectivity index (χ0) is 28.2. The van der Waals surface area contributed by atoms with Gasteiger partial charge in [-0.15, -0.1) is 0 Å². The van der Waals surface area contributed by atoms with E-state index in [1.165, 1.54) is 0 Å². The molecule has 3 aromatic rings. The number of para-hydroxylation sites is 1. The van der Waals surface area contributed by atoms with Crippen molar-refractivity contribution < 1.29 is 24.1 Å². The van der Waals surface area contributed by atoms with Crippen LogP contribution in [0, 0.1) is 0 Å². The van der Waals surface area contributed by atoms with Crippen LogP contribution in [0.25, 0.3) is 10.4 Å². The van der Waals surface area contributed by atoms with Gasteiger partial charge < -0.3 is 24.6 Å². The molecule has 0 spiro atoms. The first kappa shape index (κ1) is 28.5. The molecule has 208 valence electrons. The number of aliphatic hydroxyl groups excluding tert-OH is 1. The van der Waals surface area contributed by atoms with Crippen molar-refractivity contribution in [3.05, 3.63) is 99.9 Å². The number of rotatable bonds is 14. The highest BCUT2D eigenvalue weighted by molar-refractivity contribution is 6.00. The van der Waals surface area contributed by atoms with Gasteiger partial charge in [-0.3, -0.25) is 4.79 Å². The molecule has 1 amide bonds. The van der Waals surface area contributed by atoms with Gasteiger partial charge in [0.1, 0.15) is 18.1 Å². The lowest BCUT2D eigenvalue weighted by molar-refractivity contribution is -0.126. The molecule has 2 N–H and O–H groups in total. The van der Waals surface area contributed by atoms with Crippen molar-refractivity contribution in [2.45, 2.75) is 31.7 Å². The predicted molar refractivity (Wildman–Crippen MR) is 152 cm³/mol. The summed E-state index contributed by atoms with van der Waals surface area (Å²) < 4.78 is 17.3. The van der Waals surface area contributed by atoms with Gasteiger partial charge in [0.15, 0.2) is 5.54 Å². The molecule has 0 bridgehead atoms. The Hall–Kier alpha value is -4.53. The summed E-state index contributed by atoms with van der Waals surface area (Å²) in [5.74, 6) is 1.53. The van der Waals surface area contributed by atoms with Gasteiger partial charge in [0.2, 0.25) is 5.90 Å². The SMILES string of the molecule is CCOc1ccccc1CCNC(=O)[C@@]1(Cc2ccccc2N=[N+]=[N-])COC(c2ccc(OCCCO)cc2)=N1. The number of carbonyl (C=O) groups excluding carboxylic acids is 1. The van der Waals surface area contributed by atoms with E-state index >= 15 is 0 Å². The van der Waals surface area contributed by atoms with E-state index in [0.29, 0.717) is 61.1 Å². The molecular formula is C30H33N5O5. The van der Waals surface area contributed by atoms with E-state index < -0.39 is 5.54 Å². The smallest absolute Gasteiger partial charge is 0.251 e. The average molecular weight is 544 g/mol. The molecule has 0 aromatic heterocycles. The zero-order valence-electron chi connectivity index (χ0n) is 22.5. The van der Waals surface area contributed by atoms with Crippen LogP contribution in [0.3, 0.4) is 0 Å². The molecule has 10 heteroatoms. The monoisotopic (exact) mass is 543 g/mol. The third-order valence-corrected chi connectivity index (χ3v) is 6.44. The maximum absolute atomic E-state index is 13.7. The fourth-order valence-corrected chi connectivity index (χ4v) is 4.43. The highest BCUT2D eigenvalue weighted by Crippen LogP contribution is 2.31. The summed E-state index contributed by atoms with van der Waals surface area (Å²) in [6.45, 7) is 3.38. The van der Waals surface area contributed by atoms with Crippen LogP contribution >= 0.6 is 0 Å². The highest BCUT2D eigenvalue weighted by Gasteiger charge is 2.44. The quantitative estimate of drug-likeness (QED) is 0.129. The van der Waals surface area contributed by atoms with Crippen molar-refractivity contribution in [3.63, 3.8) is 0 Å². The minimum atomic E-state index is -1.26. The summed E-state index contributed by atoms with van der Waals surface area (Å²) in [4.78, 5) is 21.5. The number of hydrogen-bond acceptors (Lipinski definition) is 7. The second kappa shape index (κ2) is 14.0. The lowest BCUT2D eigenvalue weighted by atomic mass is 9.90. The first-order valence-corrected chi connectivity index (χ1v) is 13.3. The fourth-order valence-electron chi connectivity index (χ4n) is 4.43. The number of aliphatic hydroxyl groups is 1. The fraction of sp³-hybridized carbons (Fsp3) is 0.333. The molecule has 1 aliphatic rings. The number of carbonyl (C=O) groups is 1. The molecule has 1 atom stereocenters. The van der Waals surface area contributed by atoms with E-state index in [0.717, 1.165) is 11.3 Å². The lowest BCUT2D eigenvalue weighted by Gasteiger charge is -2.24. The zero-order valence-corrected chi connectivity index (χ0v) is 22.5. The van der Waals surface area contributed by atoms with Crippen LogP contribution in [0.1, 0.15) is 30.0 Å². The van der Waals surface area contributed by atoms with Crippen molar-refractivity contribution >= 4 is 17.5 Å². The summed E-state index contributed by atoms with van der Waals surface area (Å²) in [6, 6.07) is 22.1. The van der Waals surface area contributed by atoms with Crippen molar-refractivity contribution in [1.29, 1.82) is 0 Å². The van der Waals surface area contributed by atoms with Crippen molar-refractivity contribution in [1.82, 2.24) is 5.32 Å². The number of amides is 1. The van der Waals surface area contributed by atoms with Gasteiger partial charge in [-0.2, -0.15) is 0 Å². The van der Waals surface area contributed by atoms with Crippen LogP contribution in [0.5, 0.6) is 11.5 Å². The first-order valence-electron chi connectivity index (χ1n) is 13.3. The Morgan fingerprint density at radius 2 is 1.85 bits per heavy atom. The van der Waals surface area contributed by atoms with E-state index in [9.17, 15) is 4.79 Å². The lowest BCUT2D eigenvalue weighted by Crippen LogP contribution is -2.49. The van der Waals surface area contributed by atoms with E-state index in [1.54, 1.807) is 24.3 Å². The molecule has 3 aromatic carbocycles. The van der Waals surface area contributed by atoms with E-state index in [-0.39, 0.29) is 25.5 Å². The number of benzene rings is 3. The Morgan fingerprint density at radius 3 is 2.60 bits per heavy atom. The van der Waals surface area contributed by atoms with Gasteiger partial charge in [0.25, 0.3) is 5.91 Å². The van der Waals surface area contributed by atoms with Crippen molar-refractivity contribution in [2.24, 2.45) is 10.1 Å². The number of nitrogens with one attached hydrogen (secondary N) is 1. The average Bonchev–Trinajstić information content (AvgIpc) is 3.41. The van der Waals surface area contributed by atoms with Crippen LogP contribution < -0.4 is 14.8 Å². The number of hydrogen-bond donors (Lipinski definition) is 2. The van der Waals surface area contributed by atoms with E-state index in [1.807, 2.05) is 55.5 Å². The normalized spacial score (nSPS) is 15.9. The predicted octanol–water partition coefficient (Wildman–Crippen LogP) is 4.91. The minimum absolute atomic E-state index is 0.0308. The van der Waals surface area contributed by atoms with Crippen LogP contribution in [-0.4, -0.2) is 55.4 Å². The Morgan fingerprint density at radius 1 is 1.10 bits per heavy atom. The van der Waals surface area contributed by atoms with E-state index in [4.69, 9.17) is 29.8 Å². The van der Waals surface area contributed by atoms with Crippen molar-refractivity contribution in [3.8, 4) is 11.5 Å². The Labute approximate surface area is 233 Å². The molecule has 40 heavy (non-hydrogen) atoms. The maximum atomic E-state index is 13.7. The molecule has 1 aliphatic heterocycles. The Balaban J connectivity index is 1.56. The summed E-state index contributed by atoms with van der Waals surface area (Å²) >= 11 is 0. The third-order valence-electron chi connectivity index (χ3n) is 6.44. The summed E-state index contributed by atoms with van der Waals surface area (Å²) in [6.07, 6.45) is 1.32. The van der Waals surface area contributed by atoms with Gasteiger partial charge in [0.05, 0.1) is 13.2 Å². The van der Waals surface area contributed by atoms with Crippen LogP contribution in [-0.2, 0) is 22.4 Å². The molecule has 0 unspecified atom stereocenters. The Kier molecular flexibility index (Phi) is 9.99. The summed E-state index contributed by atoms with van der Waals surface area (Å²) in [7, 11) is 0.